The van der Waals surface area contributed by atoms with Crippen LogP contribution in [0.25, 0.3) is 0 Å². The zero-order valence-electron chi connectivity index (χ0n) is 11.2. The van der Waals surface area contributed by atoms with Gasteiger partial charge < -0.3 is 4.74 Å². The Morgan fingerprint density at radius 2 is 2.00 bits per heavy atom. The summed E-state index contributed by atoms with van der Waals surface area (Å²) in [4.78, 5) is 11.6. The number of benzene rings is 2. The van der Waals surface area contributed by atoms with E-state index in [2.05, 4.69) is 33.1 Å². The summed E-state index contributed by atoms with van der Waals surface area (Å²) in [6.45, 7) is -0.134. The number of hydrogen-bond acceptors (Lipinski definition) is 3. The van der Waals surface area contributed by atoms with Crippen molar-refractivity contribution in [3.8, 4) is 5.75 Å². The monoisotopic (exact) mass is 448 g/mol. The van der Waals surface area contributed by atoms with Crippen molar-refractivity contribution in [2.24, 2.45) is 5.10 Å². The summed E-state index contributed by atoms with van der Waals surface area (Å²) in [7, 11) is 0. The van der Waals surface area contributed by atoms with E-state index in [4.69, 9.17) is 27.9 Å². The summed E-state index contributed by atoms with van der Waals surface area (Å²) in [6.07, 6.45) is 1.51. The van der Waals surface area contributed by atoms with E-state index >= 15 is 0 Å². The van der Waals surface area contributed by atoms with Gasteiger partial charge in [-0.15, -0.1) is 0 Å². The van der Waals surface area contributed by atoms with Gasteiger partial charge in [0.15, 0.2) is 6.61 Å². The molecule has 2 aromatic carbocycles. The highest BCUT2D eigenvalue weighted by atomic mass is 127. The first-order valence-corrected chi connectivity index (χ1v) is 8.03. The molecule has 0 saturated heterocycles. The number of hydrazone groups is 1. The van der Waals surface area contributed by atoms with E-state index in [1.165, 1.54) is 6.21 Å². The number of hydrogen-bond donors (Lipinski definition) is 1. The summed E-state index contributed by atoms with van der Waals surface area (Å²) >= 11 is 13.8. The molecule has 7 heteroatoms. The molecule has 0 heterocycles. The first-order valence-electron chi connectivity index (χ1n) is 6.20. The normalized spacial score (nSPS) is 10.7. The fraction of sp³-hybridized carbons (Fsp3) is 0.0667. The highest BCUT2D eigenvalue weighted by Gasteiger charge is 2.05. The Morgan fingerprint density at radius 1 is 1.23 bits per heavy atom. The molecule has 0 saturated carbocycles. The lowest BCUT2D eigenvalue weighted by molar-refractivity contribution is -0.123. The molecule has 22 heavy (non-hydrogen) atoms. The van der Waals surface area contributed by atoms with Gasteiger partial charge in [-0.3, -0.25) is 4.79 Å². The lowest BCUT2D eigenvalue weighted by Crippen LogP contribution is -2.24. The molecule has 0 bridgehead atoms. The highest BCUT2D eigenvalue weighted by molar-refractivity contribution is 14.1. The molecule has 0 radical (unpaired) electrons. The minimum absolute atomic E-state index is 0.134. The highest BCUT2D eigenvalue weighted by Crippen LogP contribution is 2.24. The molecular formula is C15H11Cl2IN2O2. The first kappa shape index (κ1) is 17.1. The van der Waals surface area contributed by atoms with Crippen molar-refractivity contribution in [1.82, 2.24) is 5.43 Å². The number of carbonyl (C=O) groups excluding carboxylic acids is 1. The zero-order valence-corrected chi connectivity index (χ0v) is 14.9. The van der Waals surface area contributed by atoms with Crippen molar-refractivity contribution >= 4 is 57.9 Å². The molecule has 0 aromatic heterocycles. The number of amides is 1. The number of nitrogens with one attached hydrogen (secondary N) is 1. The Labute approximate surface area is 151 Å². The van der Waals surface area contributed by atoms with Gasteiger partial charge in [-0.05, 0) is 58.5 Å². The van der Waals surface area contributed by atoms with Crippen LogP contribution in [0.4, 0.5) is 0 Å². The van der Waals surface area contributed by atoms with Gasteiger partial charge in [0.2, 0.25) is 0 Å². The average molecular weight is 449 g/mol. The van der Waals surface area contributed by atoms with Gasteiger partial charge in [-0.25, -0.2) is 5.43 Å². The van der Waals surface area contributed by atoms with Crippen LogP contribution in [-0.4, -0.2) is 18.7 Å². The molecule has 0 aliphatic heterocycles. The van der Waals surface area contributed by atoms with Crippen LogP contribution in [-0.2, 0) is 4.79 Å². The molecule has 4 nitrogen and oxygen atoms in total. The van der Waals surface area contributed by atoms with Crippen LogP contribution in [0.5, 0.6) is 5.75 Å². The van der Waals surface area contributed by atoms with E-state index in [1.54, 1.807) is 36.4 Å². The van der Waals surface area contributed by atoms with Gasteiger partial charge in [0, 0.05) is 10.0 Å². The third-order valence-electron chi connectivity index (χ3n) is 2.50. The van der Waals surface area contributed by atoms with Gasteiger partial charge in [0.25, 0.3) is 5.91 Å². The molecule has 2 aromatic rings. The fourth-order valence-corrected chi connectivity index (χ4v) is 2.76. The Balaban J connectivity index is 1.83. The number of rotatable bonds is 5. The second kappa shape index (κ2) is 8.36. The van der Waals surface area contributed by atoms with Crippen LogP contribution in [0.1, 0.15) is 5.56 Å². The van der Waals surface area contributed by atoms with Crippen molar-refractivity contribution in [2.45, 2.75) is 0 Å². The van der Waals surface area contributed by atoms with Crippen LogP contribution < -0.4 is 10.2 Å². The molecule has 1 N–H and O–H groups in total. The van der Waals surface area contributed by atoms with Crippen LogP contribution in [0, 0.1) is 3.57 Å². The second-order valence-electron chi connectivity index (χ2n) is 4.21. The Morgan fingerprint density at radius 3 is 2.73 bits per heavy atom. The van der Waals surface area contributed by atoms with E-state index < -0.39 is 0 Å². The Hall–Kier alpha value is -1.31. The van der Waals surface area contributed by atoms with E-state index in [-0.39, 0.29) is 12.5 Å². The number of nitrogens with zero attached hydrogens (tertiary/aromatic N) is 1. The Kier molecular flexibility index (Phi) is 6.48. The molecule has 114 valence electrons. The van der Waals surface area contributed by atoms with Gasteiger partial charge in [0.05, 0.1) is 9.78 Å². The Bertz CT molecular complexity index is 708. The molecular weight excluding hydrogens is 438 g/mol. The van der Waals surface area contributed by atoms with Gasteiger partial charge in [-0.1, -0.05) is 35.3 Å². The minimum atomic E-state index is -0.357. The summed E-state index contributed by atoms with van der Waals surface area (Å²) in [5, 5.41) is 5.07. The van der Waals surface area contributed by atoms with E-state index in [1.807, 2.05) is 6.07 Å². The van der Waals surface area contributed by atoms with Crippen LogP contribution in [0.2, 0.25) is 10.0 Å². The number of ether oxygens (including phenoxy) is 1. The second-order valence-corrected chi connectivity index (χ2v) is 6.25. The van der Waals surface area contributed by atoms with E-state index in [0.717, 1.165) is 9.13 Å². The largest absolute Gasteiger partial charge is 0.483 e. The SMILES string of the molecule is O=C(COc1ccc(Cl)cc1I)N/N=C/c1cccc(Cl)c1. The van der Waals surface area contributed by atoms with Crippen LogP contribution in [0.3, 0.4) is 0 Å². The lowest BCUT2D eigenvalue weighted by atomic mass is 10.2. The fourth-order valence-electron chi connectivity index (χ4n) is 1.53. The van der Waals surface area contributed by atoms with Gasteiger partial charge in [-0.2, -0.15) is 5.10 Å². The standard InChI is InChI=1S/C15H11Cl2IN2O2/c16-11-3-1-2-10(6-11)8-19-20-15(21)9-22-14-5-4-12(17)7-13(14)18/h1-8H,9H2,(H,20,21)/b19-8+. The van der Waals surface area contributed by atoms with E-state index in [9.17, 15) is 4.79 Å². The number of carbonyl (C=O) groups is 1. The molecule has 0 unspecified atom stereocenters. The quantitative estimate of drug-likeness (QED) is 0.424. The van der Waals surface area contributed by atoms with Crippen molar-refractivity contribution in [3.05, 3.63) is 61.6 Å². The molecule has 0 spiro atoms. The lowest BCUT2D eigenvalue weighted by Gasteiger charge is -2.07. The third-order valence-corrected chi connectivity index (χ3v) is 3.82. The predicted octanol–water partition coefficient (Wildman–Crippen LogP) is 4.13. The minimum Gasteiger partial charge on any atom is -0.483 e. The molecule has 0 fully saturated rings. The van der Waals surface area contributed by atoms with Crippen molar-refractivity contribution in [3.63, 3.8) is 0 Å². The molecule has 1 amide bonds. The van der Waals surface area contributed by atoms with Crippen molar-refractivity contribution in [1.29, 1.82) is 0 Å². The smallest absolute Gasteiger partial charge is 0.277 e. The molecule has 0 aliphatic rings. The van der Waals surface area contributed by atoms with Crippen molar-refractivity contribution in [2.75, 3.05) is 6.61 Å². The first-order chi connectivity index (χ1) is 10.5. The summed E-state index contributed by atoms with van der Waals surface area (Å²) < 4.78 is 6.24. The number of halogens is 3. The molecule has 0 aliphatic carbocycles. The third kappa shape index (κ3) is 5.47. The maximum Gasteiger partial charge on any atom is 0.277 e. The summed E-state index contributed by atoms with van der Waals surface area (Å²) in [6, 6.07) is 12.3. The average Bonchev–Trinajstić information content (AvgIpc) is 2.46. The summed E-state index contributed by atoms with van der Waals surface area (Å²) in [5.41, 5.74) is 3.18. The maximum atomic E-state index is 11.6. The predicted molar refractivity (Wildman–Crippen MR) is 96.9 cm³/mol. The molecule has 2 rings (SSSR count). The van der Waals surface area contributed by atoms with Crippen molar-refractivity contribution < 1.29 is 9.53 Å². The van der Waals surface area contributed by atoms with Gasteiger partial charge in [0.1, 0.15) is 5.75 Å². The van der Waals surface area contributed by atoms with E-state index in [0.29, 0.717) is 15.8 Å². The summed E-state index contributed by atoms with van der Waals surface area (Å²) in [5.74, 6) is 0.239. The van der Waals surface area contributed by atoms with Crippen LogP contribution >= 0.6 is 45.8 Å². The zero-order chi connectivity index (χ0) is 15.9. The topological polar surface area (TPSA) is 50.7 Å². The molecule has 0 atom stereocenters. The van der Waals surface area contributed by atoms with Crippen LogP contribution in [0.15, 0.2) is 47.6 Å². The maximum absolute atomic E-state index is 11.6. The van der Waals surface area contributed by atoms with Gasteiger partial charge >= 0.3 is 0 Å².